The van der Waals surface area contributed by atoms with Crippen molar-refractivity contribution in [3.63, 3.8) is 0 Å². The fourth-order valence-electron chi connectivity index (χ4n) is 0.970. The van der Waals surface area contributed by atoms with Gasteiger partial charge < -0.3 is 17.7 Å². The van der Waals surface area contributed by atoms with E-state index in [9.17, 15) is 0 Å². The highest BCUT2D eigenvalue weighted by Crippen LogP contribution is 2.21. The van der Waals surface area contributed by atoms with Crippen molar-refractivity contribution in [3.05, 3.63) is 0 Å². The van der Waals surface area contributed by atoms with Gasteiger partial charge in [-0.3, -0.25) is 0 Å². The van der Waals surface area contributed by atoms with Crippen LogP contribution in [0.5, 0.6) is 0 Å². The zero-order chi connectivity index (χ0) is 13.7. The average molecular weight is 264 g/mol. The molecule has 0 aromatic carbocycles. The molecule has 0 radical (unpaired) electrons. The fourth-order valence-corrected chi connectivity index (χ4v) is 2.91. The average Bonchev–Trinajstić information content (AvgIpc) is 2.16. The van der Waals surface area contributed by atoms with E-state index in [2.05, 4.69) is 41.5 Å². The molecular weight excluding hydrogens is 236 g/mol. The van der Waals surface area contributed by atoms with Crippen LogP contribution in [0.1, 0.15) is 41.5 Å². The quantitative estimate of drug-likeness (QED) is 0.691. The summed E-state index contributed by atoms with van der Waals surface area (Å²) in [6, 6.07) is 0. The SMILES string of the molecule is CO[Si](OC)(OCC(C)(C)C)OCC(C)(C)C. The van der Waals surface area contributed by atoms with Gasteiger partial charge in [0.2, 0.25) is 0 Å². The molecule has 0 unspecified atom stereocenters. The van der Waals surface area contributed by atoms with Crippen LogP contribution in [0, 0.1) is 10.8 Å². The monoisotopic (exact) mass is 264 g/mol. The Kier molecular flexibility index (Phi) is 6.31. The molecule has 0 bridgehead atoms. The highest BCUT2D eigenvalue weighted by Gasteiger charge is 2.45. The van der Waals surface area contributed by atoms with E-state index in [0.29, 0.717) is 13.2 Å². The highest BCUT2D eigenvalue weighted by molar-refractivity contribution is 6.53. The lowest BCUT2D eigenvalue weighted by Crippen LogP contribution is -2.50. The molecule has 0 fully saturated rings. The van der Waals surface area contributed by atoms with E-state index >= 15 is 0 Å². The van der Waals surface area contributed by atoms with Crippen LogP contribution in [0.3, 0.4) is 0 Å². The lowest BCUT2D eigenvalue weighted by Gasteiger charge is -2.31. The third-order valence-corrected chi connectivity index (χ3v) is 3.86. The van der Waals surface area contributed by atoms with E-state index in [-0.39, 0.29) is 10.8 Å². The van der Waals surface area contributed by atoms with Crippen molar-refractivity contribution >= 4 is 9.05 Å². The van der Waals surface area contributed by atoms with Crippen LogP contribution in [-0.2, 0) is 17.7 Å². The minimum Gasteiger partial charge on any atom is -0.355 e. The van der Waals surface area contributed by atoms with Crippen molar-refractivity contribution in [1.82, 2.24) is 0 Å². The molecule has 0 aliphatic rings. The summed E-state index contributed by atoms with van der Waals surface area (Å²) in [5, 5.41) is 0. The van der Waals surface area contributed by atoms with E-state index in [0.717, 1.165) is 0 Å². The van der Waals surface area contributed by atoms with Crippen LogP contribution in [0.4, 0.5) is 0 Å². The summed E-state index contributed by atoms with van der Waals surface area (Å²) < 4.78 is 22.2. The molecule has 0 aliphatic carbocycles. The molecule has 0 N–H and O–H groups in total. The Morgan fingerprint density at radius 3 is 1.18 bits per heavy atom. The summed E-state index contributed by atoms with van der Waals surface area (Å²) >= 11 is 0. The molecule has 17 heavy (non-hydrogen) atoms. The zero-order valence-electron chi connectivity index (χ0n) is 12.5. The fraction of sp³-hybridized carbons (Fsp3) is 1.00. The standard InChI is InChI=1S/C12H28O4Si/c1-11(2,3)9-15-17(13-7,14-8)16-10-12(4,5)6/h9-10H2,1-8H3. The largest absolute Gasteiger partial charge is 0.679 e. The van der Waals surface area contributed by atoms with E-state index < -0.39 is 9.05 Å². The maximum atomic E-state index is 5.76. The van der Waals surface area contributed by atoms with Gasteiger partial charge in [-0.15, -0.1) is 0 Å². The molecule has 0 aliphatic heterocycles. The van der Waals surface area contributed by atoms with Crippen molar-refractivity contribution in [2.45, 2.75) is 41.5 Å². The van der Waals surface area contributed by atoms with Gasteiger partial charge in [0.25, 0.3) is 0 Å². The first kappa shape index (κ1) is 17.1. The van der Waals surface area contributed by atoms with Crippen molar-refractivity contribution in [2.75, 3.05) is 27.4 Å². The van der Waals surface area contributed by atoms with E-state index in [4.69, 9.17) is 17.7 Å². The van der Waals surface area contributed by atoms with Gasteiger partial charge in [-0.05, 0) is 10.8 Å². The topological polar surface area (TPSA) is 36.9 Å². The van der Waals surface area contributed by atoms with Crippen LogP contribution < -0.4 is 0 Å². The molecule has 0 heterocycles. The highest BCUT2D eigenvalue weighted by atomic mass is 28.4. The van der Waals surface area contributed by atoms with Crippen LogP contribution in [0.15, 0.2) is 0 Å². The predicted octanol–water partition coefficient (Wildman–Crippen LogP) is 2.84. The molecule has 0 aromatic heterocycles. The molecule has 0 saturated heterocycles. The van der Waals surface area contributed by atoms with Crippen molar-refractivity contribution in [1.29, 1.82) is 0 Å². The Morgan fingerprint density at radius 1 is 0.706 bits per heavy atom. The summed E-state index contributed by atoms with van der Waals surface area (Å²) in [5.41, 5.74) is 0.112. The van der Waals surface area contributed by atoms with E-state index in [1.807, 2.05) is 0 Å². The van der Waals surface area contributed by atoms with Gasteiger partial charge in [-0.1, -0.05) is 41.5 Å². The summed E-state index contributed by atoms with van der Waals surface area (Å²) in [7, 11) is 0.178. The molecule has 4 nitrogen and oxygen atoms in total. The number of hydrogen-bond acceptors (Lipinski definition) is 4. The van der Waals surface area contributed by atoms with Crippen molar-refractivity contribution in [2.24, 2.45) is 10.8 Å². The third-order valence-electron chi connectivity index (χ3n) is 1.86. The van der Waals surface area contributed by atoms with Crippen LogP contribution in [-0.4, -0.2) is 36.5 Å². The van der Waals surface area contributed by atoms with Crippen molar-refractivity contribution in [3.8, 4) is 0 Å². The van der Waals surface area contributed by atoms with E-state index in [1.165, 1.54) is 0 Å². The number of rotatable bonds is 6. The first-order chi connectivity index (χ1) is 7.54. The van der Waals surface area contributed by atoms with Gasteiger partial charge in [0.1, 0.15) is 0 Å². The lowest BCUT2D eigenvalue weighted by molar-refractivity contribution is -0.0379. The van der Waals surface area contributed by atoms with Gasteiger partial charge in [0.05, 0.1) is 0 Å². The Hall–Kier alpha value is 0.0569. The second-order valence-corrected chi connectivity index (χ2v) is 9.00. The molecule has 0 spiro atoms. The lowest BCUT2D eigenvalue weighted by atomic mass is 9.99. The molecular formula is C12H28O4Si. The number of hydrogen-bond donors (Lipinski definition) is 0. The summed E-state index contributed by atoms with van der Waals surface area (Å²) in [5.74, 6) is 0. The van der Waals surface area contributed by atoms with E-state index in [1.54, 1.807) is 14.2 Å². The summed E-state index contributed by atoms with van der Waals surface area (Å²) in [4.78, 5) is 0. The summed E-state index contributed by atoms with van der Waals surface area (Å²) in [6.07, 6.45) is 0. The smallest absolute Gasteiger partial charge is 0.355 e. The third kappa shape index (κ3) is 7.89. The second kappa shape index (κ2) is 6.29. The van der Waals surface area contributed by atoms with Gasteiger partial charge in [-0.2, -0.15) is 0 Å². The van der Waals surface area contributed by atoms with Crippen LogP contribution >= 0.6 is 0 Å². The molecule has 5 heteroatoms. The Morgan fingerprint density at radius 2 is 1.00 bits per heavy atom. The second-order valence-electron chi connectivity index (χ2n) is 6.61. The van der Waals surface area contributed by atoms with Gasteiger partial charge in [-0.25, -0.2) is 0 Å². The molecule has 104 valence electrons. The Bertz CT molecular complexity index is 194. The first-order valence-corrected chi connectivity index (χ1v) is 7.55. The van der Waals surface area contributed by atoms with Crippen LogP contribution in [0.25, 0.3) is 0 Å². The maximum Gasteiger partial charge on any atom is 0.679 e. The van der Waals surface area contributed by atoms with Gasteiger partial charge in [0.15, 0.2) is 0 Å². The first-order valence-electron chi connectivity index (χ1n) is 5.92. The Balaban J connectivity index is 4.46. The molecule has 0 aromatic rings. The van der Waals surface area contributed by atoms with Gasteiger partial charge in [0, 0.05) is 27.4 Å². The molecule has 0 saturated carbocycles. The summed E-state index contributed by atoms with van der Waals surface area (Å²) in [6.45, 7) is 13.7. The minimum atomic E-state index is -2.96. The normalized spacial score (nSPS) is 14.1. The van der Waals surface area contributed by atoms with Gasteiger partial charge >= 0.3 is 9.05 Å². The molecule has 0 amide bonds. The predicted molar refractivity (Wildman–Crippen MR) is 70.6 cm³/mol. The zero-order valence-corrected chi connectivity index (χ0v) is 13.5. The molecule has 0 atom stereocenters. The minimum absolute atomic E-state index is 0.0560. The van der Waals surface area contributed by atoms with Crippen LogP contribution in [0.2, 0.25) is 0 Å². The maximum absolute atomic E-state index is 5.76. The molecule has 0 rings (SSSR count). The Labute approximate surface area is 107 Å². The van der Waals surface area contributed by atoms with Crippen molar-refractivity contribution < 1.29 is 17.7 Å².